The summed E-state index contributed by atoms with van der Waals surface area (Å²) in [4.78, 5) is 4.79. The highest BCUT2D eigenvalue weighted by atomic mass is 32.2. The first-order valence-electron chi connectivity index (χ1n) is 6.47. The van der Waals surface area contributed by atoms with Crippen LogP contribution in [-0.2, 0) is 10.8 Å². The van der Waals surface area contributed by atoms with Gasteiger partial charge in [0.2, 0.25) is 0 Å². The number of thioether (sulfide) groups is 1. The molecule has 1 unspecified atom stereocenters. The molecule has 0 saturated carbocycles. The Morgan fingerprint density at radius 3 is 2.71 bits per heavy atom. The minimum absolute atomic E-state index is 0.483. The first-order valence-corrected chi connectivity index (χ1v) is 8.94. The Bertz CT molecular complexity index is 308. The van der Waals surface area contributed by atoms with Crippen LogP contribution < -0.4 is 5.32 Å². The van der Waals surface area contributed by atoms with Gasteiger partial charge < -0.3 is 5.32 Å². The SMILES string of the molecule is CC(C)C1CCSC(NC2CCS(=O)CC2)=N1. The van der Waals surface area contributed by atoms with Crippen LogP contribution in [0.15, 0.2) is 4.99 Å². The van der Waals surface area contributed by atoms with Crippen LogP contribution >= 0.6 is 11.8 Å². The number of amidine groups is 1. The summed E-state index contributed by atoms with van der Waals surface area (Å²) in [5.41, 5.74) is 0. The summed E-state index contributed by atoms with van der Waals surface area (Å²) in [6.07, 6.45) is 3.25. The summed E-state index contributed by atoms with van der Waals surface area (Å²) < 4.78 is 11.3. The van der Waals surface area contributed by atoms with Crippen molar-refractivity contribution in [2.75, 3.05) is 17.3 Å². The monoisotopic (exact) mass is 274 g/mol. The van der Waals surface area contributed by atoms with Crippen molar-refractivity contribution in [3.05, 3.63) is 0 Å². The van der Waals surface area contributed by atoms with Gasteiger partial charge in [0.05, 0.1) is 6.04 Å². The van der Waals surface area contributed by atoms with Crippen LogP contribution in [-0.4, -0.2) is 38.7 Å². The fourth-order valence-electron chi connectivity index (χ4n) is 2.20. The van der Waals surface area contributed by atoms with Crippen molar-refractivity contribution >= 4 is 27.7 Å². The Labute approximate surface area is 111 Å². The number of hydrogen-bond donors (Lipinski definition) is 1. The van der Waals surface area contributed by atoms with Crippen molar-refractivity contribution in [1.82, 2.24) is 5.32 Å². The highest BCUT2D eigenvalue weighted by Gasteiger charge is 2.22. The van der Waals surface area contributed by atoms with Crippen molar-refractivity contribution < 1.29 is 4.21 Å². The van der Waals surface area contributed by atoms with E-state index in [0.29, 0.717) is 18.0 Å². The molecule has 1 fully saturated rings. The molecule has 98 valence electrons. The maximum absolute atomic E-state index is 11.3. The summed E-state index contributed by atoms with van der Waals surface area (Å²) >= 11 is 1.84. The lowest BCUT2D eigenvalue weighted by Gasteiger charge is -2.28. The van der Waals surface area contributed by atoms with Gasteiger partial charge in [-0.15, -0.1) is 0 Å². The molecule has 0 aromatic carbocycles. The number of nitrogens with zero attached hydrogens (tertiary/aromatic N) is 1. The van der Waals surface area contributed by atoms with Gasteiger partial charge >= 0.3 is 0 Å². The number of aliphatic imine (C=N–C) groups is 1. The molecule has 0 aromatic heterocycles. The molecular formula is C12H22N2OS2. The second-order valence-corrected chi connectivity index (χ2v) is 7.93. The molecule has 2 aliphatic rings. The van der Waals surface area contributed by atoms with Crippen LogP contribution in [0.2, 0.25) is 0 Å². The molecule has 0 amide bonds. The molecule has 17 heavy (non-hydrogen) atoms. The molecule has 1 saturated heterocycles. The van der Waals surface area contributed by atoms with Crippen molar-refractivity contribution in [2.24, 2.45) is 10.9 Å². The summed E-state index contributed by atoms with van der Waals surface area (Å²) in [6.45, 7) is 4.48. The number of rotatable bonds is 2. The van der Waals surface area contributed by atoms with Gasteiger partial charge in [0, 0.05) is 34.1 Å². The first-order chi connectivity index (χ1) is 8.15. The third-order valence-corrected chi connectivity index (χ3v) is 5.74. The molecule has 0 aromatic rings. The van der Waals surface area contributed by atoms with Gasteiger partial charge in [0.1, 0.15) is 0 Å². The predicted octanol–water partition coefficient (Wildman–Crippen LogP) is 2.00. The molecule has 5 heteroatoms. The van der Waals surface area contributed by atoms with E-state index < -0.39 is 10.8 Å². The van der Waals surface area contributed by atoms with Gasteiger partial charge in [-0.2, -0.15) is 0 Å². The van der Waals surface area contributed by atoms with E-state index in [2.05, 4.69) is 19.2 Å². The molecule has 0 spiro atoms. The second kappa shape index (κ2) is 6.23. The molecule has 0 radical (unpaired) electrons. The smallest absolute Gasteiger partial charge is 0.157 e. The average molecular weight is 274 g/mol. The van der Waals surface area contributed by atoms with Gasteiger partial charge in [0.15, 0.2) is 5.17 Å². The molecule has 1 atom stereocenters. The zero-order chi connectivity index (χ0) is 12.3. The summed E-state index contributed by atoms with van der Waals surface area (Å²) in [5, 5.41) is 4.66. The Morgan fingerprint density at radius 1 is 1.35 bits per heavy atom. The highest BCUT2D eigenvalue weighted by Crippen LogP contribution is 2.22. The Morgan fingerprint density at radius 2 is 2.06 bits per heavy atom. The van der Waals surface area contributed by atoms with E-state index in [-0.39, 0.29) is 0 Å². The molecule has 3 nitrogen and oxygen atoms in total. The van der Waals surface area contributed by atoms with Gasteiger partial charge in [-0.05, 0) is 25.2 Å². The van der Waals surface area contributed by atoms with Crippen LogP contribution in [0.25, 0.3) is 0 Å². The topological polar surface area (TPSA) is 41.5 Å². The minimum atomic E-state index is -0.568. The molecule has 0 bridgehead atoms. The Kier molecular flexibility index (Phi) is 4.91. The molecule has 2 aliphatic heterocycles. The van der Waals surface area contributed by atoms with E-state index >= 15 is 0 Å². The maximum atomic E-state index is 11.3. The van der Waals surface area contributed by atoms with Gasteiger partial charge in [-0.3, -0.25) is 9.20 Å². The van der Waals surface area contributed by atoms with Crippen LogP contribution in [0.4, 0.5) is 0 Å². The summed E-state index contributed by atoms with van der Waals surface area (Å²) in [5.74, 6) is 3.51. The quantitative estimate of drug-likeness (QED) is 0.837. The fourth-order valence-corrected chi connectivity index (χ4v) is 4.51. The molecule has 1 N–H and O–H groups in total. The van der Waals surface area contributed by atoms with E-state index in [1.807, 2.05) is 11.8 Å². The fraction of sp³-hybridized carbons (Fsp3) is 0.917. The zero-order valence-corrected chi connectivity index (χ0v) is 12.3. The summed E-state index contributed by atoms with van der Waals surface area (Å²) in [7, 11) is -0.568. The zero-order valence-electron chi connectivity index (χ0n) is 10.6. The maximum Gasteiger partial charge on any atom is 0.157 e. The van der Waals surface area contributed by atoms with Crippen molar-refractivity contribution in [3.63, 3.8) is 0 Å². The van der Waals surface area contributed by atoms with E-state index in [9.17, 15) is 4.21 Å². The van der Waals surface area contributed by atoms with E-state index in [4.69, 9.17) is 4.99 Å². The second-order valence-electron chi connectivity index (χ2n) is 5.15. The van der Waals surface area contributed by atoms with Crippen molar-refractivity contribution in [1.29, 1.82) is 0 Å². The van der Waals surface area contributed by atoms with Crippen LogP contribution in [0.1, 0.15) is 33.1 Å². The normalized spacial score (nSPS) is 34.5. The molecule has 0 aliphatic carbocycles. The van der Waals surface area contributed by atoms with Crippen LogP contribution in [0, 0.1) is 5.92 Å². The van der Waals surface area contributed by atoms with Crippen LogP contribution in [0.3, 0.4) is 0 Å². The first kappa shape index (κ1) is 13.4. The Balaban J connectivity index is 1.87. The standard InChI is InChI=1S/C12H22N2OS2/c1-9(2)11-3-6-16-12(14-11)13-10-4-7-17(15)8-5-10/h9-11H,3-8H2,1-2H3,(H,13,14). The number of hydrogen-bond acceptors (Lipinski definition) is 4. The van der Waals surface area contributed by atoms with E-state index in [0.717, 1.165) is 29.5 Å². The average Bonchev–Trinajstić information content (AvgIpc) is 2.32. The van der Waals surface area contributed by atoms with Gasteiger partial charge in [-0.1, -0.05) is 25.6 Å². The third kappa shape index (κ3) is 3.98. The third-order valence-electron chi connectivity index (χ3n) is 3.42. The van der Waals surface area contributed by atoms with E-state index in [1.165, 1.54) is 12.2 Å². The van der Waals surface area contributed by atoms with Crippen LogP contribution in [0.5, 0.6) is 0 Å². The molecular weight excluding hydrogens is 252 g/mol. The summed E-state index contributed by atoms with van der Waals surface area (Å²) in [6, 6.07) is 0.973. The van der Waals surface area contributed by atoms with Crippen molar-refractivity contribution in [2.45, 2.75) is 45.2 Å². The lowest BCUT2D eigenvalue weighted by molar-refractivity contribution is 0.478. The highest BCUT2D eigenvalue weighted by molar-refractivity contribution is 8.13. The lowest BCUT2D eigenvalue weighted by Crippen LogP contribution is -2.40. The predicted molar refractivity (Wildman–Crippen MR) is 77.2 cm³/mol. The van der Waals surface area contributed by atoms with Gasteiger partial charge in [0.25, 0.3) is 0 Å². The Hall–Kier alpha value is -0.0300. The van der Waals surface area contributed by atoms with Crippen molar-refractivity contribution in [3.8, 4) is 0 Å². The molecule has 2 rings (SSSR count). The van der Waals surface area contributed by atoms with E-state index in [1.54, 1.807) is 0 Å². The molecule has 2 heterocycles. The lowest BCUT2D eigenvalue weighted by atomic mass is 10.0. The minimum Gasteiger partial charge on any atom is -0.362 e. The van der Waals surface area contributed by atoms with Gasteiger partial charge in [-0.25, -0.2) is 0 Å². The number of nitrogens with one attached hydrogen (secondary N) is 1. The largest absolute Gasteiger partial charge is 0.362 e.